The van der Waals surface area contributed by atoms with Gasteiger partial charge >= 0.3 is 0 Å². The summed E-state index contributed by atoms with van der Waals surface area (Å²) in [6.07, 6.45) is 6.34. The lowest BCUT2D eigenvalue weighted by Crippen LogP contribution is -2.49. The summed E-state index contributed by atoms with van der Waals surface area (Å²) < 4.78 is 0. The Hall–Kier alpha value is -0.0800. The van der Waals surface area contributed by atoms with Gasteiger partial charge in [0.1, 0.15) is 0 Å². The van der Waals surface area contributed by atoms with Gasteiger partial charge in [-0.25, -0.2) is 0 Å². The molecule has 2 unspecified atom stereocenters. The molecule has 0 aromatic carbocycles. The number of hydrogen-bond acceptors (Lipinski definition) is 2. The van der Waals surface area contributed by atoms with Crippen molar-refractivity contribution in [2.75, 3.05) is 6.61 Å². The fourth-order valence-corrected chi connectivity index (χ4v) is 2.97. The van der Waals surface area contributed by atoms with E-state index in [1.54, 1.807) is 0 Å². The van der Waals surface area contributed by atoms with Gasteiger partial charge in [-0.05, 0) is 30.6 Å². The molecule has 0 saturated heterocycles. The zero-order valence-electron chi connectivity index (χ0n) is 11.4. The lowest BCUT2D eigenvalue weighted by molar-refractivity contribution is 0.111. The van der Waals surface area contributed by atoms with E-state index in [2.05, 4.69) is 33.0 Å². The maximum atomic E-state index is 9.28. The molecule has 1 aliphatic carbocycles. The quantitative estimate of drug-likeness (QED) is 0.774. The molecule has 0 heterocycles. The van der Waals surface area contributed by atoms with Crippen LogP contribution in [0.3, 0.4) is 0 Å². The van der Waals surface area contributed by atoms with E-state index in [-0.39, 0.29) is 12.6 Å². The topological polar surface area (TPSA) is 32.3 Å². The van der Waals surface area contributed by atoms with E-state index < -0.39 is 0 Å². The van der Waals surface area contributed by atoms with E-state index in [0.717, 1.165) is 12.3 Å². The fourth-order valence-electron chi connectivity index (χ4n) is 2.97. The normalized spacial score (nSPS) is 29.1. The molecule has 1 aliphatic rings. The third-order valence-electron chi connectivity index (χ3n) is 4.04. The Labute approximate surface area is 101 Å². The summed E-state index contributed by atoms with van der Waals surface area (Å²) >= 11 is 0. The second kappa shape index (κ2) is 6.02. The molecule has 0 aliphatic heterocycles. The fraction of sp³-hybridized carbons (Fsp3) is 1.00. The van der Waals surface area contributed by atoms with Gasteiger partial charge in [0.15, 0.2) is 0 Å². The zero-order chi connectivity index (χ0) is 12.2. The summed E-state index contributed by atoms with van der Waals surface area (Å²) in [6.45, 7) is 9.44. The van der Waals surface area contributed by atoms with E-state index in [9.17, 15) is 5.11 Å². The van der Waals surface area contributed by atoms with Crippen LogP contribution >= 0.6 is 0 Å². The van der Waals surface area contributed by atoms with Crippen molar-refractivity contribution < 1.29 is 5.11 Å². The standard InChI is InChI=1S/C14H29NO/c1-5-11(10-16)15-13-9-7-6-8-12(13)14(2,3)4/h11-13,15-16H,5-10H2,1-4H3/t11-,12?,13?/m0/s1. The molecule has 0 aromatic heterocycles. The molecule has 2 heteroatoms. The van der Waals surface area contributed by atoms with Crippen molar-refractivity contribution in [3.63, 3.8) is 0 Å². The maximum Gasteiger partial charge on any atom is 0.0584 e. The molecule has 2 nitrogen and oxygen atoms in total. The average Bonchev–Trinajstić information content (AvgIpc) is 2.25. The van der Waals surface area contributed by atoms with Crippen LogP contribution in [0.15, 0.2) is 0 Å². The largest absolute Gasteiger partial charge is 0.395 e. The monoisotopic (exact) mass is 227 g/mol. The first-order valence-electron chi connectivity index (χ1n) is 6.86. The molecular formula is C14H29NO. The van der Waals surface area contributed by atoms with Crippen LogP contribution in [0.1, 0.15) is 59.8 Å². The van der Waals surface area contributed by atoms with E-state index in [4.69, 9.17) is 0 Å². The number of nitrogens with one attached hydrogen (secondary N) is 1. The maximum absolute atomic E-state index is 9.28. The Morgan fingerprint density at radius 2 is 1.88 bits per heavy atom. The van der Waals surface area contributed by atoms with Crippen molar-refractivity contribution in [3.05, 3.63) is 0 Å². The smallest absolute Gasteiger partial charge is 0.0584 e. The number of aliphatic hydroxyl groups excluding tert-OH is 1. The van der Waals surface area contributed by atoms with Crippen molar-refractivity contribution in [2.45, 2.75) is 71.9 Å². The Morgan fingerprint density at radius 1 is 1.25 bits per heavy atom. The van der Waals surface area contributed by atoms with E-state index >= 15 is 0 Å². The predicted octanol–water partition coefficient (Wildman–Crippen LogP) is 2.95. The van der Waals surface area contributed by atoms with Crippen molar-refractivity contribution in [1.29, 1.82) is 0 Å². The first kappa shape index (κ1) is 14.0. The first-order valence-corrected chi connectivity index (χ1v) is 6.86. The SMILES string of the molecule is CC[C@@H](CO)NC1CCCCC1C(C)(C)C. The van der Waals surface area contributed by atoms with Gasteiger partial charge in [-0.3, -0.25) is 0 Å². The van der Waals surface area contributed by atoms with Crippen molar-refractivity contribution >= 4 is 0 Å². The second-order valence-electron chi connectivity index (χ2n) is 6.32. The van der Waals surface area contributed by atoms with Crippen LogP contribution in [0, 0.1) is 11.3 Å². The van der Waals surface area contributed by atoms with E-state index in [1.807, 2.05) is 0 Å². The van der Waals surface area contributed by atoms with E-state index in [0.29, 0.717) is 11.5 Å². The summed E-state index contributed by atoms with van der Waals surface area (Å²) in [4.78, 5) is 0. The molecule has 0 amide bonds. The van der Waals surface area contributed by atoms with E-state index in [1.165, 1.54) is 25.7 Å². The van der Waals surface area contributed by atoms with Crippen LogP contribution in [0.2, 0.25) is 0 Å². The van der Waals surface area contributed by atoms with Crippen LogP contribution < -0.4 is 5.32 Å². The van der Waals surface area contributed by atoms with Gasteiger partial charge in [0.25, 0.3) is 0 Å². The van der Waals surface area contributed by atoms with Crippen LogP contribution in [-0.2, 0) is 0 Å². The molecule has 1 rings (SSSR count). The highest BCUT2D eigenvalue weighted by Crippen LogP contribution is 2.38. The zero-order valence-corrected chi connectivity index (χ0v) is 11.4. The summed E-state index contributed by atoms with van der Waals surface area (Å²) in [7, 11) is 0. The first-order chi connectivity index (χ1) is 7.49. The van der Waals surface area contributed by atoms with Gasteiger partial charge in [-0.2, -0.15) is 0 Å². The molecule has 0 spiro atoms. The highest BCUT2D eigenvalue weighted by molar-refractivity contribution is 4.89. The van der Waals surface area contributed by atoms with Gasteiger partial charge in [-0.1, -0.05) is 40.5 Å². The molecular weight excluding hydrogens is 198 g/mol. The molecule has 1 saturated carbocycles. The minimum absolute atomic E-state index is 0.268. The lowest BCUT2D eigenvalue weighted by Gasteiger charge is -2.42. The molecule has 1 fully saturated rings. The molecule has 3 atom stereocenters. The van der Waals surface area contributed by atoms with Crippen LogP contribution in [0.4, 0.5) is 0 Å². The Bertz CT molecular complexity index is 193. The van der Waals surface area contributed by atoms with Gasteiger partial charge < -0.3 is 10.4 Å². The van der Waals surface area contributed by atoms with Gasteiger partial charge in [-0.15, -0.1) is 0 Å². The Balaban J connectivity index is 2.60. The molecule has 0 radical (unpaired) electrons. The number of aliphatic hydroxyl groups is 1. The van der Waals surface area contributed by atoms with Gasteiger partial charge in [0.2, 0.25) is 0 Å². The minimum atomic E-state index is 0.268. The van der Waals surface area contributed by atoms with Crippen LogP contribution in [0.5, 0.6) is 0 Å². The molecule has 2 N–H and O–H groups in total. The Kier molecular flexibility index (Phi) is 5.26. The minimum Gasteiger partial charge on any atom is -0.395 e. The summed E-state index contributed by atoms with van der Waals surface area (Å²) in [5, 5.41) is 12.9. The van der Waals surface area contributed by atoms with Crippen molar-refractivity contribution in [2.24, 2.45) is 11.3 Å². The van der Waals surface area contributed by atoms with Crippen molar-refractivity contribution in [1.82, 2.24) is 5.32 Å². The summed E-state index contributed by atoms with van der Waals surface area (Å²) in [6, 6.07) is 0.888. The Morgan fingerprint density at radius 3 is 2.38 bits per heavy atom. The third kappa shape index (κ3) is 3.74. The number of hydrogen-bond donors (Lipinski definition) is 2. The second-order valence-corrected chi connectivity index (χ2v) is 6.32. The average molecular weight is 227 g/mol. The van der Waals surface area contributed by atoms with Crippen LogP contribution in [0.25, 0.3) is 0 Å². The predicted molar refractivity (Wildman–Crippen MR) is 69.5 cm³/mol. The summed E-state index contributed by atoms with van der Waals surface area (Å²) in [5.41, 5.74) is 0.381. The van der Waals surface area contributed by atoms with Gasteiger partial charge in [0, 0.05) is 12.1 Å². The third-order valence-corrected chi connectivity index (χ3v) is 4.04. The highest BCUT2D eigenvalue weighted by atomic mass is 16.3. The van der Waals surface area contributed by atoms with Crippen LogP contribution in [-0.4, -0.2) is 23.8 Å². The lowest BCUT2D eigenvalue weighted by atomic mass is 9.69. The van der Waals surface area contributed by atoms with Crippen molar-refractivity contribution in [3.8, 4) is 0 Å². The van der Waals surface area contributed by atoms with Gasteiger partial charge in [0.05, 0.1) is 6.61 Å². The number of rotatable bonds is 4. The summed E-state index contributed by atoms with van der Waals surface area (Å²) in [5.74, 6) is 0.752. The molecule has 16 heavy (non-hydrogen) atoms. The molecule has 0 bridgehead atoms. The molecule has 96 valence electrons. The molecule has 0 aromatic rings. The highest BCUT2D eigenvalue weighted by Gasteiger charge is 2.34.